The molecule has 0 aliphatic heterocycles. The van der Waals surface area contributed by atoms with Gasteiger partial charge in [0.1, 0.15) is 0 Å². The molecule has 2 rings (SSSR count). The van der Waals surface area contributed by atoms with Crippen molar-refractivity contribution in [3.05, 3.63) is 47.5 Å². The topological polar surface area (TPSA) is 58.3 Å². The van der Waals surface area contributed by atoms with E-state index < -0.39 is 0 Å². The van der Waals surface area contributed by atoms with Crippen LogP contribution in [0, 0.1) is 0 Å². The van der Waals surface area contributed by atoms with E-state index in [1.807, 2.05) is 42.5 Å². The lowest BCUT2D eigenvalue weighted by atomic mass is 10.0. The first-order chi connectivity index (χ1) is 8.70. The lowest BCUT2D eigenvalue weighted by molar-refractivity contribution is 0.311. The smallest absolute Gasteiger partial charge is 0.0604 e. The van der Waals surface area contributed by atoms with Crippen LogP contribution in [0.1, 0.15) is 0 Å². The van der Waals surface area contributed by atoms with Crippen molar-refractivity contribution in [1.29, 1.82) is 0 Å². The van der Waals surface area contributed by atoms with Crippen LogP contribution in [0.5, 0.6) is 0 Å². The van der Waals surface area contributed by atoms with Crippen LogP contribution in [-0.4, -0.2) is 18.3 Å². The molecule has 0 aromatic heterocycles. The van der Waals surface area contributed by atoms with Crippen LogP contribution in [0.15, 0.2) is 42.5 Å². The van der Waals surface area contributed by atoms with Gasteiger partial charge in [-0.25, -0.2) is 0 Å². The Morgan fingerprint density at radius 3 is 2.72 bits per heavy atom. The normalized spacial score (nSPS) is 10.3. The number of anilines is 2. The molecule has 3 nitrogen and oxygen atoms in total. The standard InChI is InChI=1S/C14H15ClN2O/c15-11-3-1-2-10(8-11)13-9-12(16)4-5-14(13)17-6-7-18/h1-5,8-9,17-18H,6-7,16H2. The minimum absolute atomic E-state index is 0.0827. The van der Waals surface area contributed by atoms with E-state index in [1.54, 1.807) is 0 Å². The quantitative estimate of drug-likeness (QED) is 0.743. The van der Waals surface area contributed by atoms with E-state index in [1.165, 1.54) is 0 Å². The summed E-state index contributed by atoms with van der Waals surface area (Å²) >= 11 is 6.00. The molecule has 0 spiro atoms. The highest BCUT2D eigenvalue weighted by Crippen LogP contribution is 2.31. The maximum absolute atomic E-state index is 8.88. The zero-order valence-electron chi connectivity index (χ0n) is 9.86. The minimum Gasteiger partial charge on any atom is -0.399 e. The summed E-state index contributed by atoms with van der Waals surface area (Å²) in [6, 6.07) is 13.2. The van der Waals surface area contributed by atoms with Gasteiger partial charge in [0.2, 0.25) is 0 Å². The van der Waals surface area contributed by atoms with Crippen molar-refractivity contribution in [3.8, 4) is 11.1 Å². The predicted octanol–water partition coefficient (Wildman–Crippen LogP) is 2.99. The van der Waals surface area contributed by atoms with Crippen LogP contribution < -0.4 is 11.1 Å². The Labute approximate surface area is 111 Å². The molecule has 0 atom stereocenters. The molecule has 18 heavy (non-hydrogen) atoms. The van der Waals surface area contributed by atoms with Gasteiger partial charge in [-0.2, -0.15) is 0 Å². The first-order valence-corrected chi connectivity index (χ1v) is 6.08. The number of nitrogens with two attached hydrogens (primary N) is 1. The number of nitrogens with one attached hydrogen (secondary N) is 1. The molecule has 0 saturated heterocycles. The van der Waals surface area contributed by atoms with Crippen molar-refractivity contribution in [2.24, 2.45) is 0 Å². The van der Waals surface area contributed by atoms with E-state index in [2.05, 4.69) is 5.32 Å². The Morgan fingerprint density at radius 1 is 1.17 bits per heavy atom. The average Bonchev–Trinajstić information content (AvgIpc) is 2.37. The van der Waals surface area contributed by atoms with Crippen molar-refractivity contribution in [3.63, 3.8) is 0 Å². The fraction of sp³-hybridized carbons (Fsp3) is 0.143. The molecular formula is C14H15ClN2O. The Hall–Kier alpha value is -1.71. The molecule has 0 fully saturated rings. The van der Waals surface area contributed by atoms with Crippen molar-refractivity contribution >= 4 is 23.0 Å². The summed E-state index contributed by atoms with van der Waals surface area (Å²) in [4.78, 5) is 0. The zero-order chi connectivity index (χ0) is 13.0. The van der Waals surface area contributed by atoms with Crippen LogP contribution in [0.3, 0.4) is 0 Å². The highest BCUT2D eigenvalue weighted by Gasteiger charge is 2.06. The number of nitrogen functional groups attached to an aromatic ring is 1. The Morgan fingerprint density at radius 2 is 2.00 bits per heavy atom. The second-order valence-electron chi connectivity index (χ2n) is 3.97. The number of aliphatic hydroxyl groups is 1. The van der Waals surface area contributed by atoms with Crippen molar-refractivity contribution in [2.75, 3.05) is 24.2 Å². The van der Waals surface area contributed by atoms with Gasteiger partial charge in [-0.3, -0.25) is 0 Å². The third-order valence-corrected chi connectivity index (χ3v) is 2.84. The van der Waals surface area contributed by atoms with Crippen LogP contribution in [0.4, 0.5) is 11.4 Å². The molecule has 0 heterocycles. The third-order valence-electron chi connectivity index (χ3n) is 2.61. The highest BCUT2D eigenvalue weighted by molar-refractivity contribution is 6.30. The number of aliphatic hydroxyl groups excluding tert-OH is 1. The second kappa shape index (κ2) is 5.76. The molecule has 4 N–H and O–H groups in total. The molecule has 0 bridgehead atoms. The predicted molar refractivity (Wildman–Crippen MR) is 76.9 cm³/mol. The number of hydrogen-bond donors (Lipinski definition) is 3. The summed E-state index contributed by atoms with van der Waals surface area (Å²) in [5.41, 5.74) is 9.42. The van der Waals surface area contributed by atoms with E-state index in [4.69, 9.17) is 22.4 Å². The third kappa shape index (κ3) is 2.94. The van der Waals surface area contributed by atoms with Crippen LogP contribution in [0.25, 0.3) is 11.1 Å². The Bertz CT molecular complexity index is 543. The van der Waals surface area contributed by atoms with Gasteiger partial charge in [0.25, 0.3) is 0 Å². The number of halogens is 1. The van der Waals surface area contributed by atoms with Crippen molar-refractivity contribution in [2.45, 2.75) is 0 Å². The fourth-order valence-electron chi connectivity index (χ4n) is 1.80. The lowest BCUT2D eigenvalue weighted by Gasteiger charge is -2.12. The van der Waals surface area contributed by atoms with Gasteiger partial charge in [0.15, 0.2) is 0 Å². The summed E-state index contributed by atoms with van der Waals surface area (Å²) in [5.74, 6) is 0. The summed E-state index contributed by atoms with van der Waals surface area (Å²) in [6.07, 6.45) is 0. The van der Waals surface area contributed by atoms with Gasteiger partial charge >= 0.3 is 0 Å². The number of benzene rings is 2. The minimum atomic E-state index is 0.0827. The van der Waals surface area contributed by atoms with E-state index in [0.717, 1.165) is 16.8 Å². The zero-order valence-corrected chi connectivity index (χ0v) is 10.6. The molecule has 0 amide bonds. The molecule has 0 radical (unpaired) electrons. The summed E-state index contributed by atoms with van der Waals surface area (Å²) in [6.45, 7) is 0.580. The molecular weight excluding hydrogens is 248 g/mol. The number of rotatable bonds is 4. The summed E-state index contributed by atoms with van der Waals surface area (Å²) in [5, 5.41) is 12.7. The highest BCUT2D eigenvalue weighted by atomic mass is 35.5. The van der Waals surface area contributed by atoms with Crippen LogP contribution in [0.2, 0.25) is 5.02 Å². The molecule has 0 aliphatic rings. The largest absolute Gasteiger partial charge is 0.399 e. The van der Waals surface area contributed by atoms with Gasteiger partial charge in [-0.15, -0.1) is 0 Å². The van der Waals surface area contributed by atoms with E-state index in [9.17, 15) is 0 Å². The van der Waals surface area contributed by atoms with Gasteiger partial charge in [0.05, 0.1) is 6.61 Å². The molecule has 0 unspecified atom stereocenters. The second-order valence-corrected chi connectivity index (χ2v) is 4.40. The van der Waals surface area contributed by atoms with E-state index >= 15 is 0 Å². The van der Waals surface area contributed by atoms with Gasteiger partial charge < -0.3 is 16.2 Å². The molecule has 4 heteroatoms. The lowest BCUT2D eigenvalue weighted by Crippen LogP contribution is -2.06. The maximum atomic E-state index is 8.88. The number of hydrogen-bond acceptors (Lipinski definition) is 3. The monoisotopic (exact) mass is 262 g/mol. The first-order valence-electron chi connectivity index (χ1n) is 5.71. The molecule has 94 valence electrons. The van der Waals surface area contributed by atoms with Crippen LogP contribution >= 0.6 is 11.6 Å². The maximum Gasteiger partial charge on any atom is 0.0604 e. The molecule has 2 aromatic carbocycles. The van der Waals surface area contributed by atoms with E-state index in [-0.39, 0.29) is 6.61 Å². The van der Waals surface area contributed by atoms with Gasteiger partial charge in [-0.05, 0) is 35.9 Å². The molecule has 0 aliphatic carbocycles. The first kappa shape index (κ1) is 12.7. The van der Waals surface area contributed by atoms with Crippen LogP contribution in [-0.2, 0) is 0 Å². The molecule has 2 aromatic rings. The average molecular weight is 263 g/mol. The fourth-order valence-corrected chi connectivity index (χ4v) is 1.99. The van der Waals surface area contributed by atoms with Gasteiger partial charge in [0, 0.05) is 28.5 Å². The molecule has 0 saturated carbocycles. The van der Waals surface area contributed by atoms with Gasteiger partial charge in [-0.1, -0.05) is 23.7 Å². The van der Waals surface area contributed by atoms with Crippen molar-refractivity contribution < 1.29 is 5.11 Å². The Balaban J connectivity index is 2.44. The Kier molecular flexibility index (Phi) is 4.07. The van der Waals surface area contributed by atoms with Crippen molar-refractivity contribution in [1.82, 2.24) is 0 Å². The summed E-state index contributed by atoms with van der Waals surface area (Å²) < 4.78 is 0. The SMILES string of the molecule is Nc1ccc(NCCO)c(-c2cccc(Cl)c2)c1. The summed E-state index contributed by atoms with van der Waals surface area (Å²) in [7, 11) is 0. The van der Waals surface area contributed by atoms with E-state index in [0.29, 0.717) is 17.3 Å².